The van der Waals surface area contributed by atoms with Gasteiger partial charge < -0.3 is 4.57 Å². The summed E-state index contributed by atoms with van der Waals surface area (Å²) in [4.78, 5) is 12.5. The first-order valence-electron chi connectivity index (χ1n) is 11.1. The molecule has 0 aliphatic rings. The number of carbonyl (C=O) groups is 1. The molecule has 0 radical (unpaired) electrons. The summed E-state index contributed by atoms with van der Waals surface area (Å²) >= 11 is 0. The van der Waals surface area contributed by atoms with Crippen molar-refractivity contribution < 1.29 is 4.79 Å². The highest BCUT2D eigenvalue weighted by Crippen LogP contribution is 2.26. The number of para-hydroxylation sites is 1. The Balaban J connectivity index is 1.52. The summed E-state index contributed by atoms with van der Waals surface area (Å²) in [5.74, 6) is -0.126. The fourth-order valence-electron chi connectivity index (χ4n) is 4.42. The predicted molar refractivity (Wildman–Crippen MR) is 133 cm³/mol. The van der Waals surface area contributed by atoms with Crippen LogP contribution in [-0.2, 0) is 17.6 Å². The molecule has 4 nitrogen and oxygen atoms in total. The van der Waals surface area contributed by atoms with Gasteiger partial charge in [-0.15, -0.1) is 0 Å². The Morgan fingerprint density at radius 1 is 0.969 bits per heavy atom. The summed E-state index contributed by atoms with van der Waals surface area (Å²) in [7, 11) is 0. The van der Waals surface area contributed by atoms with E-state index < -0.39 is 0 Å². The first-order chi connectivity index (χ1) is 15.5. The van der Waals surface area contributed by atoms with Crippen LogP contribution in [0, 0.1) is 20.8 Å². The number of amides is 1. The molecule has 32 heavy (non-hydrogen) atoms. The van der Waals surface area contributed by atoms with Crippen LogP contribution in [0.15, 0.2) is 71.8 Å². The largest absolute Gasteiger partial charge is 0.317 e. The van der Waals surface area contributed by atoms with E-state index in [1.165, 1.54) is 16.8 Å². The molecule has 4 heteroatoms. The minimum Gasteiger partial charge on any atom is -0.317 e. The fraction of sp³-hybridized carbons (Fsp3) is 0.214. The second kappa shape index (κ2) is 9.23. The number of aryl methyl sites for hydroxylation is 3. The van der Waals surface area contributed by atoms with Gasteiger partial charge in [0.15, 0.2) is 0 Å². The second-order valence-corrected chi connectivity index (χ2v) is 8.21. The van der Waals surface area contributed by atoms with E-state index in [4.69, 9.17) is 0 Å². The van der Waals surface area contributed by atoms with E-state index in [2.05, 4.69) is 79.2 Å². The zero-order valence-electron chi connectivity index (χ0n) is 19.1. The van der Waals surface area contributed by atoms with Gasteiger partial charge in [-0.1, -0.05) is 67.6 Å². The van der Waals surface area contributed by atoms with Crippen molar-refractivity contribution in [3.63, 3.8) is 0 Å². The highest BCUT2D eigenvalue weighted by molar-refractivity contribution is 5.91. The van der Waals surface area contributed by atoms with E-state index in [9.17, 15) is 4.79 Å². The fourth-order valence-corrected chi connectivity index (χ4v) is 4.42. The van der Waals surface area contributed by atoms with Gasteiger partial charge in [0, 0.05) is 17.0 Å². The Morgan fingerprint density at radius 2 is 1.69 bits per heavy atom. The van der Waals surface area contributed by atoms with Crippen molar-refractivity contribution in [2.75, 3.05) is 0 Å². The lowest BCUT2D eigenvalue weighted by Crippen LogP contribution is -2.20. The van der Waals surface area contributed by atoms with Crippen molar-refractivity contribution >= 4 is 22.9 Å². The van der Waals surface area contributed by atoms with E-state index in [1.54, 1.807) is 6.21 Å². The molecule has 0 spiro atoms. The Bertz CT molecular complexity index is 1310. The first-order valence-corrected chi connectivity index (χ1v) is 11.1. The summed E-state index contributed by atoms with van der Waals surface area (Å²) < 4.78 is 2.29. The smallest absolute Gasteiger partial charge is 0.244 e. The zero-order chi connectivity index (χ0) is 22.7. The molecule has 3 aromatic carbocycles. The van der Waals surface area contributed by atoms with Crippen LogP contribution in [0.3, 0.4) is 0 Å². The third kappa shape index (κ3) is 4.22. The Morgan fingerprint density at radius 3 is 2.50 bits per heavy atom. The predicted octanol–water partition coefficient (Wildman–Crippen LogP) is 5.81. The third-order valence-electron chi connectivity index (χ3n) is 6.02. The molecule has 1 aromatic heterocycles. The maximum absolute atomic E-state index is 12.5. The van der Waals surface area contributed by atoms with Gasteiger partial charge in [0.1, 0.15) is 0 Å². The van der Waals surface area contributed by atoms with Crippen LogP contribution in [-0.4, -0.2) is 16.7 Å². The van der Waals surface area contributed by atoms with Gasteiger partial charge in [-0.3, -0.25) is 4.79 Å². The highest BCUT2D eigenvalue weighted by Gasteiger charge is 2.14. The average Bonchev–Trinajstić information content (AvgIpc) is 3.06. The average molecular weight is 424 g/mol. The molecule has 162 valence electrons. The molecule has 0 fully saturated rings. The Labute approximate surface area is 189 Å². The molecule has 0 aliphatic carbocycles. The molecular formula is C28H29N3O. The monoisotopic (exact) mass is 423 g/mol. The number of hydrogen-bond acceptors (Lipinski definition) is 2. The minimum atomic E-state index is -0.126. The molecular weight excluding hydrogens is 394 g/mol. The molecule has 1 amide bonds. The number of rotatable bonds is 6. The molecule has 0 saturated heterocycles. The summed E-state index contributed by atoms with van der Waals surface area (Å²) in [5.41, 5.74) is 10.8. The van der Waals surface area contributed by atoms with Crippen molar-refractivity contribution in [2.24, 2.45) is 5.10 Å². The van der Waals surface area contributed by atoms with Crippen molar-refractivity contribution in [3.8, 4) is 5.69 Å². The SMILES string of the molecule is CCc1cccc(C)c1-n1c(C)cc(/C=N\NC(=O)Cc2cccc3ccccc23)c1C. The number of benzene rings is 3. The quantitative estimate of drug-likeness (QED) is 0.309. The number of hydrazone groups is 1. The summed E-state index contributed by atoms with van der Waals surface area (Å²) in [5, 5.41) is 6.49. The van der Waals surface area contributed by atoms with Crippen LogP contribution in [0.4, 0.5) is 0 Å². The normalized spacial score (nSPS) is 11.4. The van der Waals surface area contributed by atoms with Crippen molar-refractivity contribution in [2.45, 2.75) is 40.5 Å². The molecule has 1 heterocycles. The number of nitrogens with zero attached hydrogens (tertiary/aromatic N) is 2. The first kappa shape index (κ1) is 21.6. The molecule has 4 aromatic rings. The lowest BCUT2D eigenvalue weighted by molar-refractivity contribution is -0.120. The highest BCUT2D eigenvalue weighted by atomic mass is 16.2. The molecule has 0 bridgehead atoms. The van der Waals surface area contributed by atoms with Crippen LogP contribution >= 0.6 is 0 Å². The lowest BCUT2D eigenvalue weighted by Gasteiger charge is -2.17. The number of fused-ring (bicyclic) bond motifs is 1. The van der Waals surface area contributed by atoms with Gasteiger partial charge in [-0.25, -0.2) is 5.43 Å². The van der Waals surface area contributed by atoms with Crippen LogP contribution in [0.2, 0.25) is 0 Å². The third-order valence-corrected chi connectivity index (χ3v) is 6.02. The van der Waals surface area contributed by atoms with E-state index in [0.717, 1.165) is 39.7 Å². The molecule has 0 atom stereocenters. The zero-order valence-corrected chi connectivity index (χ0v) is 19.1. The van der Waals surface area contributed by atoms with Gasteiger partial charge in [0.2, 0.25) is 5.91 Å². The lowest BCUT2D eigenvalue weighted by atomic mass is 10.0. The van der Waals surface area contributed by atoms with E-state index >= 15 is 0 Å². The summed E-state index contributed by atoms with van der Waals surface area (Å²) in [6.07, 6.45) is 3.01. The topological polar surface area (TPSA) is 46.4 Å². The van der Waals surface area contributed by atoms with Crippen molar-refractivity contribution in [1.29, 1.82) is 0 Å². The van der Waals surface area contributed by atoms with E-state index in [0.29, 0.717) is 6.42 Å². The number of hydrogen-bond donors (Lipinski definition) is 1. The standard InChI is InChI=1S/C28H29N3O/c1-5-22-12-8-10-19(2)28(22)31-20(3)16-25(21(31)4)18-29-30-27(32)17-24-14-9-13-23-11-6-7-15-26(23)24/h6-16,18H,5,17H2,1-4H3,(H,30,32)/b29-18-. The molecule has 4 rings (SSSR count). The maximum Gasteiger partial charge on any atom is 0.244 e. The number of carbonyl (C=O) groups excluding carboxylic acids is 1. The van der Waals surface area contributed by atoms with Crippen LogP contribution in [0.5, 0.6) is 0 Å². The minimum absolute atomic E-state index is 0.126. The number of nitrogens with one attached hydrogen (secondary N) is 1. The Hall–Kier alpha value is -3.66. The van der Waals surface area contributed by atoms with Gasteiger partial charge in [0.05, 0.1) is 18.3 Å². The number of aromatic nitrogens is 1. The van der Waals surface area contributed by atoms with Crippen LogP contribution in [0.1, 0.15) is 40.6 Å². The molecule has 0 aliphatic heterocycles. The Kier molecular flexibility index (Phi) is 6.22. The molecule has 0 saturated carbocycles. The summed E-state index contributed by atoms with van der Waals surface area (Å²) in [6.45, 7) is 8.53. The van der Waals surface area contributed by atoms with E-state index in [1.807, 2.05) is 30.3 Å². The van der Waals surface area contributed by atoms with Gasteiger partial charge in [-0.05, 0) is 60.7 Å². The van der Waals surface area contributed by atoms with Gasteiger partial charge in [0.25, 0.3) is 0 Å². The van der Waals surface area contributed by atoms with Gasteiger partial charge >= 0.3 is 0 Å². The van der Waals surface area contributed by atoms with Crippen LogP contribution < -0.4 is 5.43 Å². The van der Waals surface area contributed by atoms with E-state index in [-0.39, 0.29) is 5.91 Å². The molecule has 0 unspecified atom stereocenters. The summed E-state index contributed by atoms with van der Waals surface area (Å²) in [6, 6.07) is 22.7. The van der Waals surface area contributed by atoms with Crippen molar-refractivity contribution in [3.05, 3.63) is 100 Å². The second-order valence-electron chi connectivity index (χ2n) is 8.21. The maximum atomic E-state index is 12.5. The van der Waals surface area contributed by atoms with Gasteiger partial charge in [-0.2, -0.15) is 5.10 Å². The molecule has 1 N–H and O–H groups in total. The van der Waals surface area contributed by atoms with Crippen molar-refractivity contribution in [1.82, 2.24) is 9.99 Å². The van der Waals surface area contributed by atoms with Crippen LogP contribution in [0.25, 0.3) is 16.5 Å².